The number of benzene rings is 2. The number of anilines is 1. The zero-order valence-corrected chi connectivity index (χ0v) is 23.0. The van der Waals surface area contributed by atoms with Crippen LogP contribution in [-0.2, 0) is 27.3 Å². The summed E-state index contributed by atoms with van der Waals surface area (Å²) in [5.41, 5.74) is 8.23. The van der Waals surface area contributed by atoms with Crippen LogP contribution < -0.4 is 21.7 Å². The third-order valence-electron chi connectivity index (χ3n) is 6.52. The lowest BCUT2D eigenvalue weighted by Crippen LogP contribution is -2.57. The van der Waals surface area contributed by atoms with Gasteiger partial charge in [-0.1, -0.05) is 55.2 Å². The van der Waals surface area contributed by atoms with Crippen molar-refractivity contribution >= 4 is 63.5 Å². The SMILES string of the molecule is CC(C)C[C@H](NC(=O)[C@H]1Cc2c([nH]c3ccccc23)CN1C(=O)Nc1ccc(Cl)c(Cl)c1)C(=O)NCC(N)=O. The van der Waals surface area contributed by atoms with E-state index >= 15 is 0 Å². The van der Waals surface area contributed by atoms with Gasteiger partial charge in [0.2, 0.25) is 17.7 Å². The molecule has 2 aromatic carbocycles. The number of aromatic nitrogens is 1. The molecule has 0 saturated carbocycles. The van der Waals surface area contributed by atoms with Gasteiger partial charge in [-0.05, 0) is 42.2 Å². The summed E-state index contributed by atoms with van der Waals surface area (Å²) in [7, 11) is 0. The van der Waals surface area contributed by atoms with E-state index in [1.807, 2.05) is 38.1 Å². The predicted molar refractivity (Wildman–Crippen MR) is 150 cm³/mol. The lowest BCUT2D eigenvalue weighted by atomic mass is 9.95. The van der Waals surface area contributed by atoms with E-state index in [0.29, 0.717) is 17.1 Å². The maximum atomic E-state index is 13.7. The fourth-order valence-electron chi connectivity index (χ4n) is 4.69. The molecule has 0 unspecified atom stereocenters. The van der Waals surface area contributed by atoms with Gasteiger partial charge in [-0.3, -0.25) is 14.4 Å². The number of carbonyl (C=O) groups is 4. The number of primary amides is 1. The monoisotopic (exact) mass is 572 g/mol. The van der Waals surface area contributed by atoms with Crippen molar-refractivity contribution in [1.29, 1.82) is 0 Å². The second kappa shape index (κ2) is 12.0. The van der Waals surface area contributed by atoms with Crippen LogP contribution in [0.15, 0.2) is 42.5 Å². The van der Waals surface area contributed by atoms with Crippen molar-refractivity contribution in [2.24, 2.45) is 11.7 Å². The molecule has 0 saturated heterocycles. The highest BCUT2D eigenvalue weighted by Crippen LogP contribution is 2.31. The Morgan fingerprint density at radius 3 is 2.54 bits per heavy atom. The standard InChI is InChI=1S/C27H30Cl2N6O4/c1-14(2)9-21(25(37)31-12-24(30)36)34-26(38)23-11-17-16-5-3-4-6-20(16)33-22(17)13-35(23)27(39)32-15-7-8-18(28)19(29)10-15/h3-8,10,14,21,23,33H,9,11-13H2,1-2H3,(H2,30,36)(H,31,37)(H,32,39)(H,34,38)/t21-,23+/m0/s1. The molecule has 0 bridgehead atoms. The molecule has 0 radical (unpaired) electrons. The smallest absolute Gasteiger partial charge is 0.322 e. The molecule has 1 aliphatic rings. The van der Waals surface area contributed by atoms with E-state index in [-0.39, 0.29) is 30.5 Å². The summed E-state index contributed by atoms with van der Waals surface area (Å²) in [6.45, 7) is 3.62. The van der Waals surface area contributed by atoms with Crippen LogP contribution in [-0.4, -0.2) is 52.3 Å². The second-order valence-electron chi connectivity index (χ2n) is 9.91. The lowest BCUT2D eigenvalue weighted by Gasteiger charge is -2.35. The van der Waals surface area contributed by atoms with Crippen LogP contribution in [0.2, 0.25) is 10.0 Å². The van der Waals surface area contributed by atoms with Crippen LogP contribution >= 0.6 is 23.2 Å². The number of carbonyl (C=O) groups excluding carboxylic acids is 4. The fraction of sp³-hybridized carbons (Fsp3) is 0.333. The molecule has 12 heteroatoms. The van der Waals surface area contributed by atoms with E-state index in [9.17, 15) is 19.2 Å². The minimum atomic E-state index is -0.918. The number of hydrogen-bond donors (Lipinski definition) is 5. The van der Waals surface area contributed by atoms with E-state index in [4.69, 9.17) is 28.9 Å². The van der Waals surface area contributed by atoms with Crippen LogP contribution in [0, 0.1) is 5.92 Å². The van der Waals surface area contributed by atoms with Crippen LogP contribution in [0.1, 0.15) is 31.5 Å². The van der Waals surface area contributed by atoms with Crippen LogP contribution in [0.25, 0.3) is 10.9 Å². The molecule has 3 aromatic rings. The molecule has 39 heavy (non-hydrogen) atoms. The Bertz CT molecular complexity index is 1420. The van der Waals surface area contributed by atoms with Crippen molar-refractivity contribution in [1.82, 2.24) is 20.5 Å². The quantitative estimate of drug-likeness (QED) is 0.280. The highest BCUT2D eigenvalue weighted by atomic mass is 35.5. The van der Waals surface area contributed by atoms with E-state index in [2.05, 4.69) is 20.9 Å². The molecule has 0 spiro atoms. The summed E-state index contributed by atoms with van der Waals surface area (Å²) < 4.78 is 0. The van der Waals surface area contributed by atoms with Crippen molar-refractivity contribution in [3.63, 3.8) is 0 Å². The number of nitrogens with zero attached hydrogens (tertiary/aromatic N) is 1. The van der Waals surface area contributed by atoms with E-state index < -0.39 is 35.8 Å². The molecule has 206 valence electrons. The molecule has 1 aliphatic heterocycles. The number of para-hydroxylation sites is 1. The number of nitrogens with one attached hydrogen (secondary N) is 4. The molecule has 2 heterocycles. The zero-order valence-electron chi connectivity index (χ0n) is 21.5. The average Bonchev–Trinajstić information content (AvgIpc) is 3.25. The van der Waals surface area contributed by atoms with Gasteiger partial charge in [0.15, 0.2) is 0 Å². The summed E-state index contributed by atoms with van der Waals surface area (Å²) >= 11 is 12.1. The van der Waals surface area contributed by atoms with Crippen molar-refractivity contribution in [2.45, 2.75) is 45.3 Å². The molecule has 0 fully saturated rings. The topological polar surface area (TPSA) is 149 Å². The largest absolute Gasteiger partial charge is 0.368 e. The number of fused-ring (bicyclic) bond motifs is 3. The molecule has 0 aliphatic carbocycles. The minimum Gasteiger partial charge on any atom is -0.368 e. The fourth-order valence-corrected chi connectivity index (χ4v) is 4.99. The van der Waals surface area contributed by atoms with Gasteiger partial charge in [-0.15, -0.1) is 0 Å². The summed E-state index contributed by atoms with van der Waals surface area (Å²) in [5, 5.41) is 9.64. The number of nitrogens with two attached hydrogens (primary N) is 1. The number of hydrogen-bond acceptors (Lipinski definition) is 4. The van der Waals surface area contributed by atoms with Gasteiger partial charge in [-0.25, -0.2) is 4.79 Å². The molecule has 1 aromatic heterocycles. The van der Waals surface area contributed by atoms with Crippen molar-refractivity contribution < 1.29 is 19.2 Å². The Balaban J connectivity index is 1.63. The predicted octanol–water partition coefficient (Wildman–Crippen LogP) is 3.57. The molecular formula is C27H30Cl2N6O4. The Morgan fingerprint density at radius 1 is 1.10 bits per heavy atom. The summed E-state index contributed by atoms with van der Waals surface area (Å²) in [5.74, 6) is -1.64. The number of aromatic amines is 1. The van der Waals surface area contributed by atoms with Gasteiger partial charge in [0, 0.05) is 28.7 Å². The molecule has 5 amide bonds. The van der Waals surface area contributed by atoms with Crippen molar-refractivity contribution in [3.8, 4) is 0 Å². The Morgan fingerprint density at radius 2 is 1.85 bits per heavy atom. The van der Waals surface area contributed by atoms with E-state index in [1.54, 1.807) is 12.1 Å². The maximum absolute atomic E-state index is 13.7. The number of urea groups is 1. The van der Waals surface area contributed by atoms with Gasteiger partial charge < -0.3 is 31.6 Å². The summed E-state index contributed by atoms with van der Waals surface area (Å²) in [4.78, 5) is 55.9. The van der Waals surface area contributed by atoms with Crippen LogP contribution in [0.5, 0.6) is 0 Å². The van der Waals surface area contributed by atoms with Gasteiger partial charge >= 0.3 is 6.03 Å². The highest BCUT2D eigenvalue weighted by Gasteiger charge is 2.38. The molecule has 6 N–H and O–H groups in total. The Labute approximate surface area is 235 Å². The van der Waals surface area contributed by atoms with Gasteiger partial charge in [0.25, 0.3) is 0 Å². The third kappa shape index (κ3) is 6.63. The number of amides is 5. The molecule has 2 atom stereocenters. The van der Waals surface area contributed by atoms with E-state index in [1.165, 1.54) is 11.0 Å². The average molecular weight is 573 g/mol. The first-order valence-corrected chi connectivity index (χ1v) is 13.3. The van der Waals surface area contributed by atoms with Crippen LogP contribution in [0.4, 0.5) is 10.5 Å². The number of rotatable bonds is 8. The normalized spacial score (nSPS) is 15.5. The maximum Gasteiger partial charge on any atom is 0.322 e. The summed E-state index contributed by atoms with van der Waals surface area (Å²) in [6, 6.07) is 10.1. The van der Waals surface area contributed by atoms with Gasteiger partial charge in [-0.2, -0.15) is 0 Å². The number of halogens is 2. The van der Waals surface area contributed by atoms with Crippen LogP contribution in [0.3, 0.4) is 0 Å². The van der Waals surface area contributed by atoms with Gasteiger partial charge in [0.05, 0.1) is 23.1 Å². The third-order valence-corrected chi connectivity index (χ3v) is 7.25. The summed E-state index contributed by atoms with van der Waals surface area (Å²) in [6.07, 6.45) is 0.564. The number of H-pyrrole nitrogens is 1. The van der Waals surface area contributed by atoms with Crippen molar-refractivity contribution in [2.75, 3.05) is 11.9 Å². The first-order chi connectivity index (χ1) is 18.5. The Hall–Kier alpha value is -3.76. The minimum absolute atomic E-state index is 0.0651. The molecule has 4 rings (SSSR count). The lowest BCUT2D eigenvalue weighted by molar-refractivity contribution is -0.132. The van der Waals surface area contributed by atoms with E-state index in [0.717, 1.165) is 22.2 Å². The first-order valence-electron chi connectivity index (χ1n) is 12.5. The Kier molecular flexibility index (Phi) is 8.66. The highest BCUT2D eigenvalue weighted by molar-refractivity contribution is 6.42. The second-order valence-corrected chi connectivity index (χ2v) is 10.7. The first kappa shape index (κ1) is 28.3. The van der Waals surface area contributed by atoms with Gasteiger partial charge in [0.1, 0.15) is 12.1 Å². The molecule has 10 nitrogen and oxygen atoms in total. The van der Waals surface area contributed by atoms with Crippen molar-refractivity contribution in [3.05, 3.63) is 63.8 Å². The molecular weight excluding hydrogens is 543 g/mol. The zero-order chi connectivity index (χ0) is 28.3.